The molecule has 1 aromatic carbocycles. The topological polar surface area (TPSA) is 15.3 Å². The summed E-state index contributed by atoms with van der Waals surface area (Å²) in [5, 5.41) is 3.36. The standard InChI is InChI=1S/C18H25F3N2/c19-18(20,21)17-9-5-4-6-14(17)13-23(16-10-11-22-12-16)15-7-2-1-3-8-15/h4-6,9,15-16,22H,1-3,7-8,10-13H2/t16-/m0/s1. The van der Waals surface area contributed by atoms with Crippen LogP contribution in [0.5, 0.6) is 0 Å². The minimum absolute atomic E-state index is 0.361. The molecule has 0 aromatic heterocycles. The maximum absolute atomic E-state index is 13.3. The minimum Gasteiger partial charge on any atom is -0.315 e. The van der Waals surface area contributed by atoms with Crippen LogP contribution >= 0.6 is 0 Å². The molecule has 1 saturated carbocycles. The monoisotopic (exact) mass is 326 g/mol. The Kier molecular flexibility index (Phi) is 5.27. The molecule has 128 valence electrons. The Morgan fingerprint density at radius 2 is 1.74 bits per heavy atom. The van der Waals surface area contributed by atoms with E-state index in [4.69, 9.17) is 0 Å². The molecule has 0 unspecified atom stereocenters. The summed E-state index contributed by atoms with van der Waals surface area (Å²) in [5.74, 6) is 0. The van der Waals surface area contributed by atoms with Crippen LogP contribution < -0.4 is 5.32 Å². The summed E-state index contributed by atoms with van der Waals surface area (Å²) in [7, 11) is 0. The smallest absolute Gasteiger partial charge is 0.315 e. The summed E-state index contributed by atoms with van der Waals surface area (Å²) in [6.07, 6.45) is 2.64. The number of nitrogens with one attached hydrogen (secondary N) is 1. The summed E-state index contributed by atoms with van der Waals surface area (Å²) < 4.78 is 39.9. The SMILES string of the molecule is FC(F)(F)c1ccccc1CN(C1CCCCC1)[C@H]1CCNC1. The van der Waals surface area contributed by atoms with Crippen molar-refractivity contribution >= 4 is 0 Å². The van der Waals surface area contributed by atoms with Gasteiger partial charge in [0.05, 0.1) is 5.56 Å². The van der Waals surface area contributed by atoms with Crippen LogP contribution in [0.15, 0.2) is 24.3 Å². The molecule has 1 atom stereocenters. The van der Waals surface area contributed by atoms with Crippen molar-refractivity contribution in [1.82, 2.24) is 10.2 Å². The molecule has 1 saturated heterocycles. The van der Waals surface area contributed by atoms with Gasteiger partial charge in [-0.3, -0.25) is 4.90 Å². The second kappa shape index (κ2) is 7.22. The first-order valence-corrected chi connectivity index (χ1v) is 8.67. The van der Waals surface area contributed by atoms with E-state index in [1.54, 1.807) is 12.1 Å². The average molecular weight is 326 g/mol. The third kappa shape index (κ3) is 4.07. The molecule has 23 heavy (non-hydrogen) atoms. The molecular formula is C18H25F3N2. The lowest BCUT2D eigenvalue weighted by Gasteiger charge is -2.38. The highest BCUT2D eigenvalue weighted by molar-refractivity contribution is 5.29. The fourth-order valence-corrected chi connectivity index (χ4v) is 4.02. The number of hydrogen-bond donors (Lipinski definition) is 1. The molecule has 2 aliphatic rings. The van der Waals surface area contributed by atoms with E-state index in [9.17, 15) is 13.2 Å². The summed E-state index contributed by atoms with van der Waals surface area (Å²) in [5.41, 5.74) is -0.0655. The number of nitrogens with zero attached hydrogens (tertiary/aromatic N) is 1. The van der Waals surface area contributed by atoms with Crippen LogP contribution in [-0.2, 0) is 12.7 Å². The first kappa shape index (κ1) is 16.8. The second-order valence-corrected chi connectivity index (χ2v) is 6.77. The van der Waals surface area contributed by atoms with Crippen molar-refractivity contribution in [2.45, 2.75) is 63.3 Å². The first-order valence-electron chi connectivity index (χ1n) is 8.67. The molecular weight excluding hydrogens is 301 g/mol. The van der Waals surface area contributed by atoms with Crippen LogP contribution in [0.25, 0.3) is 0 Å². The van der Waals surface area contributed by atoms with E-state index in [1.807, 2.05) is 0 Å². The van der Waals surface area contributed by atoms with E-state index in [2.05, 4.69) is 10.2 Å². The van der Waals surface area contributed by atoms with Gasteiger partial charge < -0.3 is 5.32 Å². The van der Waals surface area contributed by atoms with Crippen LogP contribution in [0.2, 0.25) is 0 Å². The molecule has 1 aromatic rings. The Labute approximate surface area is 136 Å². The first-order chi connectivity index (χ1) is 11.1. The van der Waals surface area contributed by atoms with Crippen LogP contribution in [-0.4, -0.2) is 30.1 Å². The van der Waals surface area contributed by atoms with Crippen molar-refractivity contribution in [3.05, 3.63) is 35.4 Å². The van der Waals surface area contributed by atoms with E-state index >= 15 is 0 Å². The Balaban J connectivity index is 1.83. The largest absolute Gasteiger partial charge is 0.416 e. The maximum Gasteiger partial charge on any atom is 0.416 e. The predicted octanol–water partition coefficient (Wildman–Crippen LogP) is 4.20. The fourth-order valence-electron chi connectivity index (χ4n) is 4.02. The second-order valence-electron chi connectivity index (χ2n) is 6.77. The number of benzene rings is 1. The highest BCUT2D eigenvalue weighted by Crippen LogP contribution is 2.34. The Bertz CT molecular complexity index is 503. The van der Waals surface area contributed by atoms with Gasteiger partial charge in [-0.25, -0.2) is 0 Å². The third-order valence-electron chi connectivity index (χ3n) is 5.22. The number of halogens is 3. The van der Waals surface area contributed by atoms with E-state index in [0.717, 1.165) is 32.4 Å². The lowest BCUT2D eigenvalue weighted by Crippen LogP contribution is -2.45. The molecule has 2 nitrogen and oxygen atoms in total. The van der Waals surface area contributed by atoms with Crippen molar-refractivity contribution in [3.8, 4) is 0 Å². The zero-order valence-corrected chi connectivity index (χ0v) is 13.4. The van der Waals surface area contributed by atoms with Gasteiger partial charge in [-0.1, -0.05) is 37.5 Å². The normalized spacial score (nSPS) is 23.6. The molecule has 2 fully saturated rings. The van der Waals surface area contributed by atoms with Gasteiger partial charge >= 0.3 is 6.18 Å². The fraction of sp³-hybridized carbons (Fsp3) is 0.667. The van der Waals surface area contributed by atoms with Gasteiger partial charge in [0, 0.05) is 25.2 Å². The van der Waals surface area contributed by atoms with Gasteiger partial charge in [0.15, 0.2) is 0 Å². The molecule has 1 heterocycles. The van der Waals surface area contributed by atoms with Crippen molar-refractivity contribution in [3.63, 3.8) is 0 Å². The van der Waals surface area contributed by atoms with Crippen molar-refractivity contribution in [1.29, 1.82) is 0 Å². The van der Waals surface area contributed by atoms with Crippen LogP contribution in [0.1, 0.15) is 49.7 Å². The van der Waals surface area contributed by atoms with Crippen LogP contribution in [0.3, 0.4) is 0 Å². The van der Waals surface area contributed by atoms with E-state index in [1.165, 1.54) is 31.4 Å². The zero-order chi connectivity index (χ0) is 16.3. The number of rotatable bonds is 4. The molecule has 0 radical (unpaired) electrons. The lowest BCUT2D eigenvalue weighted by molar-refractivity contribution is -0.138. The molecule has 0 spiro atoms. The van der Waals surface area contributed by atoms with Gasteiger partial charge in [-0.05, 0) is 37.4 Å². The molecule has 1 N–H and O–H groups in total. The Morgan fingerprint density at radius 3 is 2.39 bits per heavy atom. The summed E-state index contributed by atoms with van der Waals surface area (Å²) in [4.78, 5) is 2.35. The lowest BCUT2D eigenvalue weighted by atomic mass is 9.92. The molecule has 0 amide bonds. The van der Waals surface area contributed by atoms with Crippen LogP contribution in [0, 0.1) is 0 Å². The molecule has 3 rings (SSSR count). The summed E-state index contributed by atoms with van der Waals surface area (Å²) >= 11 is 0. The molecule has 0 bridgehead atoms. The van der Waals surface area contributed by atoms with Gasteiger partial charge in [0.1, 0.15) is 0 Å². The average Bonchev–Trinajstić information content (AvgIpc) is 3.07. The quantitative estimate of drug-likeness (QED) is 0.892. The highest BCUT2D eigenvalue weighted by atomic mass is 19.4. The minimum atomic E-state index is -4.28. The van der Waals surface area contributed by atoms with E-state index in [-0.39, 0.29) is 0 Å². The number of hydrogen-bond acceptors (Lipinski definition) is 2. The van der Waals surface area contributed by atoms with E-state index < -0.39 is 11.7 Å². The van der Waals surface area contributed by atoms with E-state index in [0.29, 0.717) is 24.2 Å². The Morgan fingerprint density at radius 1 is 1.00 bits per heavy atom. The highest BCUT2D eigenvalue weighted by Gasteiger charge is 2.35. The van der Waals surface area contributed by atoms with Gasteiger partial charge in [0.25, 0.3) is 0 Å². The summed E-state index contributed by atoms with van der Waals surface area (Å²) in [6.45, 7) is 2.27. The van der Waals surface area contributed by atoms with Gasteiger partial charge in [-0.15, -0.1) is 0 Å². The zero-order valence-electron chi connectivity index (χ0n) is 13.4. The predicted molar refractivity (Wildman–Crippen MR) is 85.1 cm³/mol. The van der Waals surface area contributed by atoms with Gasteiger partial charge in [0.2, 0.25) is 0 Å². The Hall–Kier alpha value is -1.07. The molecule has 5 heteroatoms. The molecule has 1 aliphatic carbocycles. The van der Waals surface area contributed by atoms with Crippen LogP contribution in [0.4, 0.5) is 13.2 Å². The summed E-state index contributed by atoms with van der Waals surface area (Å²) in [6, 6.07) is 6.84. The van der Waals surface area contributed by atoms with Crippen molar-refractivity contribution in [2.75, 3.05) is 13.1 Å². The third-order valence-corrected chi connectivity index (χ3v) is 5.22. The maximum atomic E-state index is 13.3. The van der Waals surface area contributed by atoms with Gasteiger partial charge in [-0.2, -0.15) is 13.2 Å². The van der Waals surface area contributed by atoms with Crippen molar-refractivity contribution < 1.29 is 13.2 Å². The van der Waals surface area contributed by atoms with Crippen molar-refractivity contribution in [2.24, 2.45) is 0 Å². The molecule has 1 aliphatic heterocycles. The number of alkyl halides is 3.